The van der Waals surface area contributed by atoms with E-state index in [2.05, 4.69) is 10.6 Å². The van der Waals surface area contributed by atoms with Gasteiger partial charge >= 0.3 is 5.69 Å². The molecule has 1 aromatic carbocycles. The third-order valence-electron chi connectivity index (χ3n) is 2.58. The monoisotopic (exact) mass is 267 g/mol. The molecular formula is C12H17N3O4. The topological polar surface area (TPSA) is 93.5 Å². The van der Waals surface area contributed by atoms with Gasteiger partial charge in [0.25, 0.3) is 0 Å². The number of benzene rings is 1. The smallest absolute Gasteiger partial charge is 0.311 e. The molecule has 0 aliphatic rings. The number of methoxy groups -OCH3 is 1. The van der Waals surface area contributed by atoms with Crippen molar-refractivity contribution < 1.29 is 14.5 Å². The number of nitro benzene ring substituents is 1. The van der Waals surface area contributed by atoms with Gasteiger partial charge in [-0.05, 0) is 11.6 Å². The fourth-order valence-electron chi connectivity index (χ4n) is 1.55. The van der Waals surface area contributed by atoms with Gasteiger partial charge in [0.1, 0.15) is 0 Å². The van der Waals surface area contributed by atoms with E-state index in [1.807, 2.05) is 0 Å². The molecule has 1 amide bonds. The van der Waals surface area contributed by atoms with Crippen molar-refractivity contribution in [1.29, 1.82) is 0 Å². The van der Waals surface area contributed by atoms with Crippen molar-refractivity contribution in [2.24, 2.45) is 0 Å². The van der Waals surface area contributed by atoms with Crippen LogP contribution in [-0.2, 0) is 11.3 Å². The number of nitrogens with zero attached hydrogens (tertiary/aromatic N) is 1. The van der Waals surface area contributed by atoms with Crippen LogP contribution in [0.2, 0.25) is 0 Å². The second-order valence-electron chi connectivity index (χ2n) is 3.86. The third-order valence-corrected chi connectivity index (χ3v) is 2.58. The van der Waals surface area contributed by atoms with Crippen LogP contribution in [0, 0.1) is 10.1 Å². The highest BCUT2D eigenvalue weighted by Gasteiger charge is 2.14. The number of carbonyl (C=O) groups is 1. The Balaban J connectivity index is 2.57. The van der Waals surface area contributed by atoms with Gasteiger partial charge in [0.15, 0.2) is 5.75 Å². The summed E-state index contributed by atoms with van der Waals surface area (Å²) in [6.45, 7) is 0.974. The van der Waals surface area contributed by atoms with Crippen LogP contribution in [0.1, 0.15) is 12.0 Å². The summed E-state index contributed by atoms with van der Waals surface area (Å²) in [4.78, 5) is 21.4. The number of carbonyl (C=O) groups excluding carboxylic acids is 1. The fourth-order valence-corrected chi connectivity index (χ4v) is 1.55. The summed E-state index contributed by atoms with van der Waals surface area (Å²) in [5.74, 6) is 0.187. The lowest BCUT2D eigenvalue weighted by molar-refractivity contribution is -0.385. The van der Waals surface area contributed by atoms with Crippen LogP contribution in [0.15, 0.2) is 18.2 Å². The number of amides is 1. The molecule has 0 aliphatic heterocycles. The van der Waals surface area contributed by atoms with E-state index >= 15 is 0 Å². The molecule has 0 saturated carbocycles. The van der Waals surface area contributed by atoms with Crippen LogP contribution in [0.5, 0.6) is 5.75 Å². The van der Waals surface area contributed by atoms with Crippen LogP contribution in [0.4, 0.5) is 5.69 Å². The van der Waals surface area contributed by atoms with E-state index in [1.165, 1.54) is 13.2 Å². The zero-order valence-corrected chi connectivity index (χ0v) is 10.9. The Hall–Kier alpha value is -2.15. The van der Waals surface area contributed by atoms with Gasteiger partial charge in [-0.3, -0.25) is 14.9 Å². The summed E-state index contributed by atoms with van der Waals surface area (Å²) in [6.07, 6.45) is 0.370. The van der Waals surface area contributed by atoms with Crippen molar-refractivity contribution in [3.8, 4) is 5.75 Å². The Morgan fingerprint density at radius 3 is 2.79 bits per heavy atom. The number of hydrogen-bond acceptors (Lipinski definition) is 5. The molecule has 0 aromatic heterocycles. The SMILES string of the molecule is CNC(=O)CCNCc1ccc(OC)c([N+](=O)[O-])c1. The number of rotatable bonds is 7. The third kappa shape index (κ3) is 4.55. The van der Waals surface area contributed by atoms with E-state index in [4.69, 9.17) is 4.74 Å². The van der Waals surface area contributed by atoms with E-state index in [9.17, 15) is 14.9 Å². The van der Waals surface area contributed by atoms with Gasteiger partial charge in [0, 0.05) is 32.6 Å². The van der Waals surface area contributed by atoms with Crippen LogP contribution in [-0.4, -0.2) is 31.5 Å². The van der Waals surface area contributed by atoms with Crippen molar-refractivity contribution in [2.45, 2.75) is 13.0 Å². The van der Waals surface area contributed by atoms with E-state index in [-0.39, 0.29) is 17.3 Å². The first-order valence-electron chi connectivity index (χ1n) is 5.81. The molecule has 0 unspecified atom stereocenters. The maximum atomic E-state index is 11.0. The van der Waals surface area contributed by atoms with Gasteiger partial charge in [-0.15, -0.1) is 0 Å². The molecule has 1 rings (SSSR count). The number of ether oxygens (including phenoxy) is 1. The van der Waals surface area contributed by atoms with E-state index in [0.29, 0.717) is 19.5 Å². The Morgan fingerprint density at radius 1 is 1.47 bits per heavy atom. The van der Waals surface area contributed by atoms with Crippen molar-refractivity contribution in [2.75, 3.05) is 20.7 Å². The standard InChI is InChI=1S/C12H17N3O4/c1-13-12(16)5-6-14-8-9-3-4-11(19-2)10(7-9)15(17)18/h3-4,7,14H,5-6,8H2,1-2H3,(H,13,16). The Labute approximate surface area is 111 Å². The fraction of sp³-hybridized carbons (Fsp3) is 0.417. The molecule has 0 radical (unpaired) electrons. The Kier molecular flexibility index (Phi) is 5.74. The van der Waals surface area contributed by atoms with Crippen LogP contribution in [0.25, 0.3) is 0 Å². The molecule has 0 saturated heterocycles. The first-order chi connectivity index (χ1) is 9.08. The van der Waals surface area contributed by atoms with Gasteiger partial charge in [-0.1, -0.05) is 6.07 Å². The Morgan fingerprint density at radius 2 is 2.21 bits per heavy atom. The first-order valence-corrected chi connectivity index (χ1v) is 5.81. The summed E-state index contributed by atoms with van der Waals surface area (Å²) >= 11 is 0. The molecule has 0 spiro atoms. The minimum atomic E-state index is -0.479. The molecule has 19 heavy (non-hydrogen) atoms. The largest absolute Gasteiger partial charge is 0.490 e. The maximum Gasteiger partial charge on any atom is 0.311 e. The molecule has 0 bridgehead atoms. The lowest BCUT2D eigenvalue weighted by Gasteiger charge is -2.06. The molecule has 104 valence electrons. The summed E-state index contributed by atoms with van der Waals surface area (Å²) < 4.78 is 4.92. The van der Waals surface area contributed by atoms with Gasteiger partial charge < -0.3 is 15.4 Å². The van der Waals surface area contributed by atoms with Crippen molar-refractivity contribution >= 4 is 11.6 Å². The van der Waals surface area contributed by atoms with Crippen LogP contribution >= 0.6 is 0 Å². The van der Waals surface area contributed by atoms with Crippen molar-refractivity contribution in [3.63, 3.8) is 0 Å². The predicted octanol–water partition coefficient (Wildman–Crippen LogP) is 0.829. The lowest BCUT2D eigenvalue weighted by Crippen LogP contribution is -2.24. The van der Waals surface area contributed by atoms with E-state index in [0.717, 1.165) is 5.56 Å². The molecule has 7 nitrogen and oxygen atoms in total. The highest BCUT2D eigenvalue weighted by Crippen LogP contribution is 2.27. The predicted molar refractivity (Wildman–Crippen MR) is 70.0 cm³/mol. The highest BCUT2D eigenvalue weighted by atomic mass is 16.6. The molecule has 0 atom stereocenters. The maximum absolute atomic E-state index is 11.0. The summed E-state index contributed by atoms with van der Waals surface area (Å²) in [7, 11) is 2.97. The minimum Gasteiger partial charge on any atom is -0.490 e. The van der Waals surface area contributed by atoms with E-state index < -0.39 is 4.92 Å². The second-order valence-corrected chi connectivity index (χ2v) is 3.86. The quantitative estimate of drug-likeness (QED) is 0.433. The summed E-state index contributed by atoms with van der Waals surface area (Å²) in [5, 5.41) is 16.4. The molecule has 1 aromatic rings. The molecule has 0 heterocycles. The van der Waals surface area contributed by atoms with Gasteiger partial charge in [0.05, 0.1) is 12.0 Å². The zero-order chi connectivity index (χ0) is 14.3. The average Bonchev–Trinajstić information content (AvgIpc) is 2.42. The summed E-state index contributed by atoms with van der Waals surface area (Å²) in [6, 6.07) is 4.78. The number of nitro groups is 1. The molecule has 7 heteroatoms. The minimum absolute atomic E-state index is 0.0480. The van der Waals surface area contributed by atoms with E-state index in [1.54, 1.807) is 19.2 Å². The van der Waals surface area contributed by atoms with Crippen LogP contribution in [0.3, 0.4) is 0 Å². The number of nitrogens with one attached hydrogen (secondary N) is 2. The van der Waals surface area contributed by atoms with Crippen molar-refractivity contribution in [3.05, 3.63) is 33.9 Å². The van der Waals surface area contributed by atoms with Crippen LogP contribution < -0.4 is 15.4 Å². The van der Waals surface area contributed by atoms with Gasteiger partial charge in [-0.25, -0.2) is 0 Å². The molecule has 0 aliphatic carbocycles. The van der Waals surface area contributed by atoms with Crippen molar-refractivity contribution in [1.82, 2.24) is 10.6 Å². The normalized spacial score (nSPS) is 10.0. The lowest BCUT2D eigenvalue weighted by atomic mass is 10.2. The highest BCUT2D eigenvalue weighted by molar-refractivity contribution is 5.75. The number of hydrogen-bond donors (Lipinski definition) is 2. The van der Waals surface area contributed by atoms with Gasteiger partial charge in [-0.2, -0.15) is 0 Å². The second kappa shape index (κ2) is 7.32. The van der Waals surface area contributed by atoms with Gasteiger partial charge in [0.2, 0.25) is 5.91 Å². The first kappa shape index (κ1) is 14.9. The molecule has 0 fully saturated rings. The summed E-state index contributed by atoms with van der Waals surface area (Å²) in [5.41, 5.74) is 0.706. The molecule has 2 N–H and O–H groups in total. The zero-order valence-electron chi connectivity index (χ0n) is 10.9. The Bertz CT molecular complexity index is 462. The average molecular weight is 267 g/mol. The molecular weight excluding hydrogens is 250 g/mol.